The molecule has 0 aliphatic heterocycles. The molecule has 5 aromatic rings. The van der Waals surface area contributed by atoms with Crippen LogP contribution in [0.3, 0.4) is 0 Å². The number of methoxy groups -OCH3 is 2. The van der Waals surface area contributed by atoms with Gasteiger partial charge in [-0.15, -0.1) is 0 Å². The third-order valence-corrected chi connectivity index (χ3v) is 5.28. The number of hydrogen-bond donors (Lipinski definition) is 1. The maximum absolute atomic E-state index is 15.4. The molecule has 0 saturated heterocycles. The minimum atomic E-state index is -0.545. The van der Waals surface area contributed by atoms with Crippen molar-refractivity contribution in [2.24, 2.45) is 7.05 Å². The Kier molecular flexibility index (Phi) is 5.50. The van der Waals surface area contributed by atoms with Crippen molar-refractivity contribution in [2.45, 2.75) is 6.54 Å². The summed E-state index contributed by atoms with van der Waals surface area (Å²) in [5, 5.41) is 4.19. The number of aryl methyl sites for hydroxylation is 1. The zero-order valence-electron chi connectivity index (χ0n) is 18.7. The number of pyridine rings is 1. The van der Waals surface area contributed by atoms with Gasteiger partial charge in [0.15, 0.2) is 17.2 Å². The third-order valence-electron chi connectivity index (χ3n) is 5.28. The number of nitrogens with zero attached hydrogens (tertiary/aromatic N) is 7. The van der Waals surface area contributed by atoms with Crippen LogP contribution in [0.25, 0.3) is 22.4 Å². The van der Waals surface area contributed by atoms with Gasteiger partial charge in [-0.3, -0.25) is 9.67 Å². The number of imidazole rings is 1. The van der Waals surface area contributed by atoms with E-state index in [0.29, 0.717) is 34.1 Å². The van der Waals surface area contributed by atoms with Gasteiger partial charge < -0.3 is 19.4 Å². The van der Waals surface area contributed by atoms with E-state index >= 15 is 4.39 Å². The van der Waals surface area contributed by atoms with Gasteiger partial charge in [-0.1, -0.05) is 0 Å². The summed E-state index contributed by atoms with van der Waals surface area (Å²) >= 11 is 0. The number of anilines is 2. The van der Waals surface area contributed by atoms with Gasteiger partial charge in [0.1, 0.15) is 17.1 Å². The Morgan fingerprint density at radius 1 is 1.09 bits per heavy atom. The lowest BCUT2D eigenvalue weighted by Gasteiger charge is -2.25. The molecule has 0 radical (unpaired) electrons. The number of benzene rings is 1. The molecule has 11 heteroatoms. The van der Waals surface area contributed by atoms with Crippen LogP contribution in [0.5, 0.6) is 11.5 Å². The van der Waals surface area contributed by atoms with Crippen molar-refractivity contribution in [1.29, 1.82) is 0 Å². The van der Waals surface area contributed by atoms with E-state index < -0.39 is 5.82 Å². The number of halogens is 1. The van der Waals surface area contributed by atoms with Crippen LogP contribution >= 0.6 is 0 Å². The highest BCUT2D eigenvalue weighted by Crippen LogP contribution is 2.37. The second kappa shape index (κ2) is 8.77. The van der Waals surface area contributed by atoms with Gasteiger partial charge in [0.05, 0.1) is 56.6 Å². The molecule has 0 unspecified atom stereocenters. The summed E-state index contributed by atoms with van der Waals surface area (Å²) in [5.41, 5.74) is 3.40. The number of aromatic amines is 1. The maximum Gasteiger partial charge on any atom is 0.188 e. The van der Waals surface area contributed by atoms with Crippen LogP contribution in [0, 0.1) is 5.82 Å². The van der Waals surface area contributed by atoms with E-state index in [-0.39, 0.29) is 18.0 Å². The summed E-state index contributed by atoms with van der Waals surface area (Å²) in [4.78, 5) is 22.8. The monoisotopic (exact) mass is 460 g/mol. The fourth-order valence-corrected chi connectivity index (χ4v) is 3.58. The average Bonchev–Trinajstić information content (AvgIpc) is 3.54. The lowest BCUT2D eigenvalue weighted by molar-refractivity contribution is 0.374. The molecule has 5 rings (SSSR count). The fourth-order valence-electron chi connectivity index (χ4n) is 3.58. The number of fused-ring (bicyclic) bond motifs is 1. The van der Waals surface area contributed by atoms with Crippen molar-refractivity contribution in [1.82, 2.24) is 34.7 Å². The van der Waals surface area contributed by atoms with Crippen LogP contribution in [0.15, 0.2) is 55.4 Å². The molecule has 0 aliphatic rings. The van der Waals surface area contributed by atoms with Crippen LogP contribution in [0.2, 0.25) is 0 Å². The quantitative estimate of drug-likeness (QED) is 0.392. The molecule has 0 amide bonds. The number of aromatic nitrogens is 7. The van der Waals surface area contributed by atoms with Crippen LogP contribution in [-0.2, 0) is 13.6 Å². The molecule has 1 N–H and O–H groups in total. The van der Waals surface area contributed by atoms with Crippen molar-refractivity contribution in [3.63, 3.8) is 0 Å². The smallest absolute Gasteiger partial charge is 0.188 e. The average molecular weight is 460 g/mol. The number of hydrogen-bond acceptors (Lipinski definition) is 8. The molecule has 0 fully saturated rings. The van der Waals surface area contributed by atoms with E-state index in [4.69, 9.17) is 14.5 Å². The summed E-state index contributed by atoms with van der Waals surface area (Å²) in [7, 11) is 4.75. The number of H-pyrrole nitrogens is 1. The van der Waals surface area contributed by atoms with Crippen LogP contribution in [0.4, 0.5) is 15.9 Å². The van der Waals surface area contributed by atoms with Crippen LogP contribution in [-0.4, -0.2) is 48.9 Å². The number of rotatable bonds is 7. The Morgan fingerprint density at radius 2 is 1.97 bits per heavy atom. The number of nitrogens with one attached hydrogen (secondary N) is 1. The topological polar surface area (TPSA) is 107 Å². The fraction of sp³-hybridized carbons (Fsp3) is 0.174. The molecule has 1 aromatic carbocycles. The highest BCUT2D eigenvalue weighted by Gasteiger charge is 2.22. The van der Waals surface area contributed by atoms with Crippen molar-refractivity contribution in [3.8, 4) is 22.8 Å². The Bertz CT molecular complexity index is 1450. The second-order valence-corrected chi connectivity index (χ2v) is 7.48. The van der Waals surface area contributed by atoms with Gasteiger partial charge in [0, 0.05) is 37.1 Å². The molecule has 0 atom stereocenters. The highest BCUT2D eigenvalue weighted by atomic mass is 19.1. The second-order valence-electron chi connectivity index (χ2n) is 7.48. The largest absolute Gasteiger partial charge is 0.497 e. The molecule has 10 nitrogen and oxygen atoms in total. The molecule has 0 saturated carbocycles. The van der Waals surface area contributed by atoms with Gasteiger partial charge >= 0.3 is 0 Å². The maximum atomic E-state index is 15.4. The minimum Gasteiger partial charge on any atom is -0.497 e. The third kappa shape index (κ3) is 3.98. The Hall–Kier alpha value is -4.54. The minimum absolute atomic E-state index is 0.0563. The lowest BCUT2D eigenvalue weighted by atomic mass is 10.2. The zero-order chi connectivity index (χ0) is 23.7. The summed E-state index contributed by atoms with van der Waals surface area (Å²) in [6.45, 7) is 0.241. The van der Waals surface area contributed by atoms with E-state index in [1.54, 1.807) is 52.7 Å². The molecule has 0 spiro atoms. The summed E-state index contributed by atoms with van der Waals surface area (Å²) in [6.07, 6.45) is 8.54. The molecular weight excluding hydrogens is 439 g/mol. The first kappa shape index (κ1) is 21.3. The van der Waals surface area contributed by atoms with Gasteiger partial charge in [0.2, 0.25) is 0 Å². The van der Waals surface area contributed by atoms with E-state index in [1.165, 1.54) is 20.3 Å². The van der Waals surface area contributed by atoms with E-state index in [1.807, 2.05) is 13.2 Å². The number of ether oxygens (including phenoxy) is 2. The molecule has 0 bridgehead atoms. The van der Waals surface area contributed by atoms with Crippen molar-refractivity contribution < 1.29 is 13.9 Å². The van der Waals surface area contributed by atoms with E-state index in [9.17, 15) is 0 Å². The Balaban J connectivity index is 1.65. The standard InChI is InChI=1S/C23H21FN8O2/c1-31-11-14(8-28-31)18-10-26-17-4-5-21(30-23(17)29-18)32(12-15-9-25-13-27-15)19-6-16(33-2)7-20(34-3)22(19)24/h4-11,13H,12H2,1-3H3,(H,25,27). The van der Waals surface area contributed by atoms with Crippen molar-refractivity contribution >= 4 is 22.7 Å². The van der Waals surface area contributed by atoms with Crippen molar-refractivity contribution in [3.05, 3.63) is 66.9 Å². The highest BCUT2D eigenvalue weighted by molar-refractivity contribution is 5.77. The summed E-state index contributed by atoms with van der Waals surface area (Å²) < 4.78 is 27.7. The van der Waals surface area contributed by atoms with Gasteiger partial charge in [0.25, 0.3) is 0 Å². The molecule has 4 heterocycles. The predicted octanol–water partition coefficient (Wildman–Crippen LogP) is 3.64. The van der Waals surface area contributed by atoms with Gasteiger partial charge in [-0.2, -0.15) is 5.10 Å². The first-order valence-corrected chi connectivity index (χ1v) is 10.3. The van der Waals surface area contributed by atoms with E-state index in [2.05, 4.69) is 25.0 Å². The summed E-state index contributed by atoms with van der Waals surface area (Å²) in [5.74, 6) is 0.416. The SMILES string of the molecule is COc1cc(OC)c(F)c(N(Cc2c[nH]cn2)c2ccc3ncc(-c4cnn(C)c4)nc3n2)c1. The molecular formula is C23H21FN8O2. The zero-order valence-corrected chi connectivity index (χ0v) is 18.7. The normalized spacial score (nSPS) is 11.1. The predicted molar refractivity (Wildman–Crippen MR) is 123 cm³/mol. The summed E-state index contributed by atoms with van der Waals surface area (Å²) in [6, 6.07) is 6.64. The van der Waals surface area contributed by atoms with Gasteiger partial charge in [-0.25, -0.2) is 19.3 Å². The molecule has 0 aliphatic carbocycles. The lowest BCUT2D eigenvalue weighted by Crippen LogP contribution is -2.20. The van der Waals surface area contributed by atoms with E-state index in [0.717, 1.165) is 5.56 Å². The molecule has 4 aromatic heterocycles. The van der Waals surface area contributed by atoms with Crippen LogP contribution in [0.1, 0.15) is 5.69 Å². The first-order chi connectivity index (χ1) is 16.6. The van der Waals surface area contributed by atoms with Crippen molar-refractivity contribution in [2.75, 3.05) is 19.1 Å². The van der Waals surface area contributed by atoms with Crippen LogP contribution < -0.4 is 14.4 Å². The van der Waals surface area contributed by atoms with Gasteiger partial charge in [-0.05, 0) is 12.1 Å². The Morgan fingerprint density at radius 3 is 2.68 bits per heavy atom. The molecule has 172 valence electrons. The Labute approximate surface area is 194 Å². The first-order valence-electron chi connectivity index (χ1n) is 10.3. The molecule has 34 heavy (non-hydrogen) atoms.